The summed E-state index contributed by atoms with van der Waals surface area (Å²) >= 11 is 0. The molecule has 2 nitrogen and oxygen atoms in total. The van der Waals surface area contributed by atoms with Gasteiger partial charge in [0.1, 0.15) is 0 Å². The fourth-order valence-electron chi connectivity index (χ4n) is 2.23. The number of likely N-dealkylation sites (tertiary alicyclic amines) is 1. The quantitative estimate of drug-likeness (QED) is 0.700. The number of hydrogen-bond donors (Lipinski definition) is 1. The minimum absolute atomic E-state index is 0.394. The van der Waals surface area contributed by atoms with Crippen LogP contribution in [0, 0.1) is 5.92 Å². The van der Waals surface area contributed by atoms with E-state index < -0.39 is 0 Å². The molecule has 1 fully saturated rings. The SMILES string of the molecule is CC(C)=CCCN1CC(C)CC(N)C1. The molecule has 2 atom stereocenters. The highest BCUT2D eigenvalue weighted by atomic mass is 15.1. The molecule has 14 heavy (non-hydrogen) atoms. The Hall–Kier alpha value is -0.340. The molecule has 2 unspecified atom stereocenters. The van der Waals surface area contributed by atoms with E-state index in [4.69, 9.17) is 5.73 Å². The van der Waals surface area contributed by atoms with Gasteiger partial charge in [-0.1, -0.05) is 18.6 Å². The Morgan fingerprint density at radius 3 is 2.71 bits per heavy atom. The van der Waals surface area contributed by atoms with Gasteiger partial charge in [-0.3, -0.25) is 0 Å². The van der Waals surface area contributed by atoms with Crippen LogP contribution in [-0.2, 0) is 0 Å². The maximum atomic E-state index is 5.99. The second-order valence-corrected chi connectivity index (χ2v) is 4.93. The first-order valence-corrected chi connectivity index (χ1v) is 5.69. The fraction of sp³-hybridized carbons (Fsp3) is 0.833. The van der Waals surface area contributed by atoms with Crippen LogP contribution in [-0.4, -0.2) is 30.6 Å². The molecule has 2 heteroatoms. The first-order chi connectivity index (χ1) is 6.58. The molecule has 1 heterocycles. The van der Waals surface area contributed by atoms with E-state index in [-0.39, 0.29) is 0 Å². The van der Waals surface area contributed by atoms with E-state index in [9.17, 15) is 0 Å². The molecule has 0 saturated carbocycles. The van der Waals surface area contributed by atoms with Crippen LogP contribution in [0.5, 0.6) is 0 Å². The summed E-state index contributed by atoms with van der Waals surface area (Å²) in [5.41, 5.74) is 7.41. The minimum atomic E-state index is 0.394. The lowest BCUT2D eigenvalue weighted by atomic mass is 9.96. The van der Waals surface area contributed by atoms with Crippen molar-refractivity contribution in [3.8, 4) is 0 Å². The summed E-state index contributed by atoms with van der Waals surface area (Å²) in [5, 5.41) is 0. The van der Waals surface area contributed by atoms with Gasteiger partial charge in [0.25, 0.3) is 0 Å². The molecule has 82 valence electrons. The Kier molecular flexibility index (Phi) is 4.63. The van der Waals surface area contributed by atoms with Gasteiger partial charge in [-0.2, -0.15) is 0 Å². The van der Waals surface area contributed by atoms with Crippen LogP contribution in [0.2, 0.25) is 0 Å². The summed E-state index contributed by atoms with van der Waals surface area (Å²) in [4.78, 5) is 2.50. The van der Waals surface area contributed by atoms with Crippen molar-refractivity contribution >= 4 is 0 Å². The third kappa shape index (κ3) is 4.25. The molecule has 0 aromatic carbocycles. The van der Waals surface area contributed by atoms with Crippen LogP contribution >= 0.6 is 0 Å². The van der Waals surface area contributed by atoms with Gasteiger partial charge in [0.05, 0.1) is 0 Å². The summed E-state index contributed by atoms with van der Waals surface area (Å²) in [7, 11) is 0. The van der Waals surface area contributed by atoms with E-state index in [1.54, 1.807) is 0 Å². The van der Waals surface area contributed by atoms with Crippen molar-refractivity contribution in [1.82, 2.24) is 4.90 Å². The standard InChI is InChI=1S/C12H24N2/c1-10(2)5-4-6-14-8-11(3)7-12(13)9-14/h5,11-12H,4,6-9,13H2,1-3H3. The van der Waals surface area contributed by atoms with Crippen LogP contribution in [0.3, 0.4) is 0 Å². The predicted octanol–water partition coefficient (Wildman–Crippen LogP) is 2.01. The molecule has 0 radical (unpaired) electrons. The van der Waals surface area contributed by atoms with Crippen LogP contribution in [0.1, 0.15) is 33.6 Å². The molecule has 0 amide bonds. The molecule has 0 aromatic rings. The number of allylic oxidation sites excluding steroid dienone is 1. The zero-order chi connectivity index (χ0) is 10.6. The average molecular weight is 196 g/mol. The largest absolute Gasteiger partial charge is 0.327 e. The van der Waals surface area contributed by atoms with Crippen molar-refractivity contribution in [1.29, 1.82) is 0 Å². The second-order valence-electron chi connectivity index (χ2n) is 4.93. The van der Waals surface area contributed by atoms with Crippen LogP contribution in [0.15, 0.2) is 11.6 Å². The highest BCUT2D eigenvalue weighted by Crippen LogP contribution is 2.15. The maximum Gasteiger partial charge on any atom is 0.0170 e. The van der Waals surface area contributed by atoms with Crippen molar-refractivity contribution in [3.63, 3.8) is 0 Å². The predicted molar refractivity (Wildman–Crippen MR) is 62.2 cm³/mol. The first kappa shape index (κ1) is 11.7. The van der Waals surface area contributed by atoms with Crippen LogP contribution in [0.25, 0.3) is 0 Å². The molecule has 1 rings (SSSR count). The highest BCUT2D eigenvalue weighted by Gasteiger charge is 2.20. The van der Waals surface area contributed by atoms with E-state index in [0.29, 0.717) is 6.04 Å². The van der Waals surface area contributed by atoms with Crippen LogP contribution < -0.4 is 5.73 Å². The van der Waals surface area contributed by atoms with Gasteiger partial charge in [-0.15, -0.1) is 0 Å². The molecular weight excluding hydrogens is 172 g/mol. The lowest BCUT2D eigenvalue weighted by Gasteiger charge is -2.34. The summed E-state index contributed by atoms with van der Waals surface area (Å²) in [6, 6.07) is 0.394. The number of hydrogen-bond acceptors (Lipinski definition) is 2. The molecule has 1 aliphatic rings. The topological polar surface area (TPSA) is 29.3 Å². The van der Waals surface area contributed by atoms with Crippen molar-refractivity contribution in [2.24, 2.45) is 11.7 Å². The molecule has 1 aliphatic heterocycles. The Bertz CT molecular complexity index is 184. The molecule has 1 saturated heterocycles. The monoisotopic (exact) mass is 196 g/mol. The van der Waals surface area contributed by atoms with Crippen molar-refractivity contribution in [3.05, 3.63) is 11.6 Å². The molecule has 2 N–H and O–H groups in total. The Labute approximate surface area is 88.2 Å². The molecular formula is C12H24N2. The zero-order valence-electron chi connectivity index (χ0n) is 9.79. The smallest absolute Gasteiger partial charge is 0.0170 e. The van der Waals surface area contributed by atoms with Gasteiger partial charge in [0, 0.05) is 25.7 Å². The molecule has 0 aliphatic carbocycles. The Morgan fingerprint density at radius 1 is 1.43 bits per heavy atom. The summed E-state index contributed by atoms with van der Waals surface area (Å²) in [6.07, 6.45) is 4.67. The van der Waals surface area contributed by atoms with E-state index in [0.717, 1.165) is 12.5 Å². The normalized spacial score (nSPS) is 28.9. The lowest BCUT2D eigenvalue weighted by Crippen LogP contribution is -2.46. The molecule has 0 aromatic heterocycles. The number of nitrogens with two attached hydrogens (primary N) is 1. The van der Waals surface area contributed by atoms with E-state index >= 15 is 0 Å². The van der Waals surface area contributed by atoms with Gasteiger partial charge in [0.2, 0.25) is 0 Å². The second kappa shape index (κ2) is 5.52. The first-order valence-electron chi connectivity index (χ1n) is 5.69. The summed E-state index contributed by atoms with van der Waals surface area (Å²) in [5.74, 6) is 0.769. The Morgan fingerprint density at radius 2 is 2.14 bits per heavy atom. The average Bonchev–Trinajstić information content (AvgIpc) is 2.01. The van der Waals surface area contributed by atoms with E-state index in [1.165, 1.54) is 31.5 Å². The van der Waals surface area contributed by atoms with Crippen LogP contribution in [0.4, 0.5) is 0 Å². The molecule has 0 spiro atoms. The highest BCUT2D eigenvalue weighted by molar-refractivity contribution is 4.93. The fourth-order valence-corrected chi connectivity index (χ4v) is 2.23. The van der Waals surface area contributed by atoms with Crippen molar-refractivity contribution < 1.29 is 0 Å². The minimum Gasteiger partial charge on any atom is -0.327 e. The lowest BCUT2D eigenvalue weighted by molar-refractivity contribution is 0.168. The van der Waals surface area contributed by atoms with Gasteiger partial charge >= 0.3 is 0 Å². The van der Waals surface area contributed by atoms with Gasteiger partial charge in [0.15, 0.2) is 0 Å². The summed E-state index contributed by atoms with van der Waals surface area (Å²) in [6.45, 7) is 10.1. The van der Waals surface area contributed by atoms with E-state index in [2.05, 4.69) is 31.7 Å². The Balaban J connectivity index is 2.27. The van der Waals surface area contributed by atoms with Gasteiger partial charge in [-0.05, 0) is 32.6 Å². The number of piperidine rings is 1. The van der Waals surface area contributed by atoms with Crippen molar-refractivity contribution in [2.75, 3.05) is 19.6 Å². The number of rotatable bonds is 3. The third-order valence-corrected chi connectivity index (χ3v) is 2.77. The molecule has 0 bridgehead atoms. The van der Waals surface area contributed by atoms with Crippen molar-refractivity contribution in [2.45, 2.75) is 39.7 Å². The van der Waals surface area contributed by atoms with Gasteiger partial charge < -0.3 is 10.6 Å². The number of nitrogens with zero attached hydrogens (tertiary/aromatic N) is 1. The maximum absolute atomic E-state index is 5.99. The summed E-state index contributed by atoms with van der Waals surface area (Å²) < 4.78 is 0. The van der Waals surface area contributed by atoms with E-state index in [1.807, 2.05) is 0 Å². The van der Waals surface area contributed by atoms with Gasteiger partial charge in [-0.25, -0.2) is 0 Å². The third-order valence-electron chi connectivity index (χ3n) is 2.77. The zero-order valence-corrected chi connectivity index (χ0v) is 9.79.